The maximum absolute atomic E-state index is 12.2. The van der Waals surface area contributed by atoms with E-state index < -0.39 is 0 Å². The molecule has 0 fully saturated rings. The molecular formula is C18H21ClN2O. The first-order valence-corrected chi connectivity index (χ1v) is 7.35. The van der Waals surface area contributed by atoms with Crippen LogP contribution in [0.1, 0.15) is 28.4 Å². The number of nitrogens with one attached hydrogen (secondary N) is 2. The SMILES string of the molecule is CNC(C)CNC(=O)c1ccc2c(c1)Cc1ccccc1-2.Cl. The van der Waals surface area contributed by atoms with E-state index in [0.29, 0.717) is 6.54 Å². The third-order valence-electron chi connectivity index (χ3n) is 4.12. The number of carbonyl (C=O) groups excluding carboxylic acids is 1. The molecule has 0 spiro atoms. The van der Waals surface area contributed by atoms with E-state index in [2.05, 4.69) is 41.0 Å². The fourth-order valence-corrected chi connectivity index (χ4v) is 2.74. The zero-order valence-corrected chi connectivity index (χ0v) is 13.7. The first-order valence-electron chi connectivity index (χ1n) is 7.35. The summed E-state index contributed by atoms with van der Waals surface area (Å²) in [5, 5.41) is 6.07. The molecule has 0 aliphatic heterocycles. The first kappa shape index (κ1) is 16.5. The summed E-state index contributed by atoms with van der Waals surface area (Å²) in [5.41, 5.74) is 5.87. The highest BCUT2D eigenvalue weighted by molar-refractivity contribution is 5.95. The molecule has 3 rings (SSSR count). The zero-order valence-electron chi connectivity index (χ0n) is 12.8. The van der Waals surface area contributed by atoms with Crippen LogP contribution < -0.4 is 10.6 Å². The Labute approximate surface area is 137 Å². The van der Waals surface area contributed by atoms with Gasteiger partial charge < -0.3 is 10.6 Å². The van der Waals surface area contributed by atoms with Gasteiger partial charge in [0.2, 0.25) is 0 Å². The predicted octanol–water partition coefficient (Wildman–Crippen LogP) is 3.02. The lowest BCUT2D eigenvalue weighted by atomic mass is 10.0. The molecule has 1 unspecified atom stereocenters. The van der Waals surface area contributed by atoms with Crippen molar-refractivity contribution in [3.05, 3.63) is 59.2 Å². The number of hydrogen-bond donors (Lipinski definition) is 2. The minimum absolute atomic E-state index is 0. The van der Waals surface area contributed by atoms with Gasteiger partial charge in [-0.25, -0.2) is 0 Å². The third-order valence-corrected chi connectivity index (χ3v) is 4.12. The van der Waals surface area contributed by atoms with Gasteiger partial charge in [-0.1, -0.05) is 30.3 Å². The van der Waals surface area contributed by atoms with Crippen LogP contribution in [0.5, 0.6) is 0 Å². The van der Waals surface area contributed by atoms with E-state index in [1.807, 2.05) is 26.1 Å². The van der Waals surface area contributed by atoms with Crippen LogP contribution in [-0.2, 0) is 6.42 Å². The average Bonchev–Trinajstić information content (AvgIpc) is 2.89. The fraction of sp³-hybridized carbons (Fsp3) is 0.278. The second-order valence-electron chi connectivity index (χ2n) is 5.61. The maximum atomic E-state index is 12.2. The van der Waals surface area contributed by atoms with Crippen molar-refractivity contribution in [2.75, 3.05) is 13.6 Å². The highest BCUT2D eigenvalue weighted by Gasteiger charge is 2.19. The van der Waals surface area contributed by atoms with Crippen molar-refractivity contribution in [2.45, 2.75) is 19.4 Å². The molecule has 1 aliphatic carbocycles. The molecule has 22 heavy (non-hydrogen) atoms. The molecule has 3 nitrogen and oxygen atoms in total. The van der Waals surface area contributed by atoms with Gasteiger partial charge in [0.1, 0.15) is 0 Å². The number of amides is 1. The highest BCUT2D eigenvalue weighted by atomic mass is 35.5. The summed E-state index contributed by atoms with van der Waals surface area (Å²) in [5.74, 6) is -0.00384. The first-order chi connectivity index (χ1) is 10.2. The van der Waals surface area contributed by atoms with Gasteiger partial charge in [0.05, 0.1) is 0 Å². The summed E-state index contributed by atoms with van der Waals surface area (Å²) in [7, 11) is 1.89. The molecule has 1 aliphatic rings. The van der Waals surface area contributed by atoms with Crippen molar-refractivity contribution < 1.29 is 4.79 Å². The van der Waals surface area contributed by atoms with E-state index in [-0.39, 0.29) is 24.4 Å². The second kappa shape index (κ2) is 6.95. The van der Waals surface area contributed by atoms with Gasteiger partial charge >= 0.3 is 0 Å². The predicted molar refractivity (Wildman–Crippen MR) is 92.8 cm³/mol. The lowest BCUT2D eigenvalue weighted by molar-refractivity contribution is 0.0950. The van der Waals surface area contributed by atoms with Crippen molar-refractivity contribution in [3.8, 4) is 11.1 Å². The zero-order chi connectivity index (χ0) is 14.8. The van der Waals surface area contributed by atoms with Crippen molar-refractivity contribution in [1.29, 1.82) is 0 Å². The van der Waals surface area contributed by atoms with E-state index in [4.69, 9.17) is 0 Å². The summed E-state index contributed by atoms with van der Waals surface area (Å²) in [6.45, 7) is 2.67. The molecule has 116 valence electrons. The largest absolute Gasteiger partial charge is 0.350 e. The lowest BCUT2D eigenvalue weighted by Gasteiger charge is -2.12. The third kappa shape index (κ3) is 3.16. The average molecular weight is 317 g/mol. The van der Waals surface area contributed by atoms with E-state index in [1.165, 1.54) is 22.3 Å². The van der Waals surface area contributed by atoms with Crippen LogP contribution >= 0.6 is 12.4 Å². The van der Waals surface area contributed by atoms with Gasteiger partial charge in [-0.3, -0.25) is 4.79 Å². The van der Waals surface area contributed by atoms with Crippen LogP contribution in [0, 0.1) is 0 Å². The van der Waals surface area contributed by atoms with Crippen molar-refractivity contribution >= 4 is 18.3 Å². The summed E-state index contributed by atoms with van der Waals surface area (Å²) < 4.78 is 0. The van der Waals surface area contributed by atoms with Crippen LogP contribution in [0.2, 0.25) is 0 Å². The van der Waals surface area contributed by atoms with E-state index >= 15 is 0 Å². The Bertz CT molecular complexity index is 685. The molecule has 0 radical (unpaired) electrons. The number of hydrogen-bond acceptors (Lipinski definition) is 2. The van der Waals surface area contributed by atoms with Gasteiger partial charge in [-0.05, 0) is 54.8 Å². The number of carbonyl (C=O) groups is 1. The quantitative estimate of drug-likeness (QED) is 0.777. The number of rotatable bonds is 4. The minimum Gasteiger partial charge on any atom is -0.350 e. The van der Waals surface area contributed by atoms with Crippen molar-refractivity contribution in [1.82, 2.24) is 10.6 Å². The molecule has 2 aromatic carbocycles. The van der Waals surface area contributed by atoms with Gasteiger partial charge in [-0.15, -0.1) is 12.4 Å². The molecular weight excluding hydrogens is 296 g/mol. The molecule has 1 amide bonds. The maximum Gasteiger partial charge on any atom is 0.251 e. The molecule has 0 saturated heterocycles. The van der Waals surface area contributed by atoms with Gasteiger partial charge in [-0.2, -0.15) is 0 Å². The summed E-state index contributed by atoms with van der Waals surface area (Å²) >= 11 is 0. The number of likely N-dealkylation sites (N-methyl/N-ethyl adjacent to an activating group) is 1. The van der Waals surface area contributed by atoms with E-state index in [1.54, 1.807) is 0 Å². The van der Waals surface area contributed by atoms with Crippen LogP contribution in [-0.4, -0.2) is 25.5 Å². The second-order valence-corrected chi connectivity index (χ2v) is 5.61. The summed E-state index contributed by atoms with van der Waals surface area (Å²) in [6, 6.07) is 14.7. The Balaban J connectivity index is 0.00000176. The summed E-state index contributed by atoms with van der Waals surface area (Å²) in [6.07, 6.45) is 0.916. The number of halogens is 1. The minimum atomic E-state index is -0.00384. The molecule has 0 bridgehead atoms. The van der Waals surface area contributed by atoms with E-state index in [0.717, 1.165) is 12.0 Å². The lowest BCUT2D eigenvalue weighted by Crippen LogP contribution is -2.37. The molecule has 2 aromatic rings. The van der Waals surface area contributed by atoms with Crippen molar-refractivity contribution in [2.24, 2.45) is 0 Å². The molecule has 0 heterocycles. The smallest absolute Gasteiger partial charge is 0.251 e. The number of benzene rings is 2. The topological polar surface area (TPSA) is 41.1 Å². The standard InChI is InChI=1S/C18H20N2O.ClH/c1-12(19-2)11-20-18(21)14-7-8-17-15(10-14)9-13-5-3-4-6-16(13)17;/h3-8,10,12,19H,9,11H2,1-2H3,(H,20,21);1H. The van der Waals surface area contributed by atoms with Crippen LogP contribution in [0.15, 0.2) is 42.5 Å². The number of fused-ring (bicyclic) bond motifs is 3. The van der Waals surface area contributed by atoms with Gasteiger partial charge in [0.25, 0.3) is 5.91 Å². The van der Waals surface area contributed by atoms with Crippen LogP contribution in [0.25, 0.3) is 11.1 Å². The normalized spacial score (nSPS) is 12.8. The Morgan fingerprint density at radius 1 is 1.14 bits per heavy atom. The van der Waals surface area contributed by atoms with Gasteiger partial charge in [0.15, 0.2) is 0 Å². The Hall–Kier alpha value is -1.84. The Morgan fingerprint density at radius 2 is 1.86 bits per heavy atom. The van der Waals surface area contributed by atoms with Gasteiger partial charge in [0, 0.05) is 18.2 Å². The molecule has 2 N–H and O–H groups in total. The monoisotopic (exact) mass is 316 g/mol. The Morgan fingerprint density at radius 3 is 2.64 bits per heavy atom. The highest BCUT2D eigenvalue weighted by Crippen LogP contribution is 2.36. The summed E-state index contributed by atoms with van der Waals surface area (Å²) in [4.78, 5) is 12.2. The molecule has 0 aromatic heterocycles. The van der Waals surface area contributed by atoms with Crippen LogP contribution in [0.4, 0.5) is 0 Å². The molecule has 0 saturated carbocycles. The fourth-order valence-electron chi connectivity index (χ4n) is 2.74. The molecule has 1 atom stereocenters. The van der Waals surface area contributed by atoms with Crippen LogP contribution in [0.3, 0.4) is 0 Å². The van der Waals surface area contributed by atoms with E-state index in [9.17, 15) is 4.79 Å². The Kier molecular flexibility index (Phi) is 5.22. The molecule has 4 heteroatoms. The van der Waals surface area contributed by atoms with Crippen molar-refractivity contribution in [3.63, 3.8) is 0 Å².